The number of aromatic nitrogens is 2. The van der Waals surface area contributed by atoms with Crippen LogP contribution < -0.4 is 5.73 Å². The largest absolute Gasteiger partial charge is 0.399 e. The number of hydrogen-bond donors (Lipinski definition) is 1. The summed E-state index contributed by atoms with van der Waals surface area (Å²) < 4.78 is 38.8. The van der Waals surface area contributed by atoms with Gasteiger partial charge in [0.05, 0.1) is 0 Å². The van der Waals surface area contributed by atoms with E-state index in [0.717, 1.165) is 0 Å². The van der Waals surface area contributed by atoms with Crippen LogP contribution in [-0.4, -0.2) is 22.3 Å². The molecule has 0 fully saturated rings. The third kappa shape index (κ3) is 2.06. The molecule has 1 aromatic heterocycles. The fourth-order valence-corrected chi connectivity index (χ4v) is 1.28. The monoisotopic (exact) mass is 207 g/mol. The number of rotatable bonds is 3. The third-order valence-corrected chi connectivity index (χ3v) is 2.03. The molecule has 1 heterocycles. The molecule has 1 aromatic rings. The van der Waals surface area contributed by atoms with Crippen molar-refractivity contribution in [1.82, 2.24) is 9.55 Å². The molecule has 0 aromatic carbocycles. The number of aryl methyl sites for hydroxylation is 1. The van der Waals surface area contributed by atoms with Gasteiger partial charge in [0.15, 0.2) is 0 Å². The van der Waals surface area contributed by atoms with E-state index in [1.165, 1.54) is 17.0 Å². The fourth-order valence-electron chi connectivity index (χ4n) is 1.28. The summed E-state index contributed by atoms with van der Waals surface area (Å²) in [6.07, 6.45) is -1.45. The van der Waals surface area contributed by atoms with E-state index >= 15 is 0 Å². The van der Waals surface area contributed by atoms with Crippen LogP contribution in [0.3, 0.4) is 0 Å². The molecule has 0 spiro atoms. The Kier molecular flexibility index (Phi) is 3.15. The van der Waals surface area contributed by atoms with E-state index in [9.17, 15) is 13.2 Å². The van der Waals surface area contributed by atoms with Crippen molar-refractivity contribution in [2.45, 2.75) is 25.6 Å². The second kappa shape index (κ2) is 4.00. The van der Waals surface area contributed by atoms with Crippen LogP contribution in [0.5, 0.6) is 0 Å². The number of nitrogens with two attached hydrogens (primary N) is 1. The second-order valence-electron chi connectivity index (χ2n) is 2.90. The zero-order valence-corrected chi connectivity index (χ0v) is 7.75. The normalized spacial score (nSPS) is 14.4. The predicted octanol–water partition coefficient (Wildman–Crippen LogP) is 1.51. The van der Waals surface area contributed by atoms with Gasteiger partial charge in [0.1, 0.15) is 11.7 Å². The van der Waals surface area contributed by atoms with Crippen LogP contribution in [0.4, 0.5) is 13.2 Å². The van der Waals surface area contributed by atoms with Crippen molar-refractivity contribution in [2.24, 2.45) is 5.73 Å². The lowest BCUT2D eigenvalue weighted by atomic mass is 10.1. The Labute approximate surface area is 79.7 Å². The molecule has 0 aliphatic carbocycles. The van der Waals surface area contributed by atoms with Crippen molar-refractivity contribution >= 4 is 0 Å². The summed E-state index contributed by atoms with van der Waals surface area (Å²) in [5, 5.41) is 0. The van der Waals surface area contributed by atoms with E-state index in [1.54, 1.807) is 6.92 Å². The summed E-state index contributed by atoms with van der Waals surface area (Å²) in [4.78, 5) is 3.69. The highest BCUT2D eigenvalue weighted by Gasteiger charge is 2.42. The van der Waals surface area contributed by atoms with E-state index in [4.69, 9.17) is 5.73 Å². The van der Waals surface area contributed by atoms with E-state index in [0.29, 0.717) is 6.54 Å². The quantitative estimate of drug-likeness (QED) is 0.816. The molecule has 1 rings (SSSR count). The van der Waals surface area contributed by atoms with Crippen molar-refractivity contribution in [3.63, 3.8) is 0 Å². The Morgan fingerprint density at radius 2 is 2.21 bits per heavy atom. The van der Waals surface area contributed by atoms with Crippen LogP contribution in [0.2, 0.25) is 0 Å². The summed E-state index contributed by atoms with van der Waals surface area (Å²) in [5.74, 6) is -1.68. The molecule has 0 saturated carbocycles. The molecule has 1 unspecified atom stereocenters. The van der Waals surface area contributed by atoms with Gasteiger partial charge in [-0.05, 0) is 6.92 Å². The first-order valence-corrected chi connectivity index (χ1v) is 4.28. The Bertz CT molecular complexity index is 292. The number of hydrogen-bond acceptors (Lipinski definition) is 2. The zero-order chi connectivity index (χ0) is 10.8. The Hall–Kier alpha value is -1.04. The first-order valence-electron chi connectivity index (χ1n) is 4.28. The van der Waals surface area contributed by atoms with Gasteiger partial charge in [-0.2, -0.15) is 13.2 Å². The molecule has 2 N–H and O–H groups in total. The van der Waals surface area contributed by atoms with Crippen molar-refractivity contribution in [2.75, 3.05) is 6.54 Å². The van der Waals surface area contributed by atoms with Crippen LogP contribution in [0, 0.1) is 0 Å². The first kappa shape index (κ1) is 11.0. The minimum Gasteiger partial charge on any atom is -0.335 e. The maximum atomic E-state index is 12.5. The molecule has 0 aliphatic heterocycles. The average Bonchev–Trinajstić information content (AvgIpc) is 2.51. The molecule has 80 valence electrons. The van der Waals surface area contributed by atoms with Crippen molar-refractivity contribution in [3.05, 3.63) is 18.2 Å². The SMILES string of the molecule is CCn1ccnc1C(CN)C(F)(F)F. The standard InChI is InChI=1S/C8H12F3N3/c1-2-14-4-3-13-7(14)6(5-12)8(9,10)11/h3-4,6H,2,5,12H2,1H3. The highest BCUT2D eigenvalue weighted by molar-refractivity contribution is 5.04. The van der Waals surface area contributed by atoms with Crippen LogP contribution in [-0.2, 0) is 6.54 Å². The molecule has 14 heavy (non-hydrogen) atoms. The van der Waals surface area contributed by atoms with Crippen LogP contribution in [0.1, 0.15) is 18.7 Å². The minimum atomic E-state index is -4.33. The lowest BCUT2D eigenvalue weighted by Gasteiger charge is -2.18. The molecular formula is C8H12F3N3. The Morgan fingerprint density at radius 3 is 2.64 bits per heavy atom. The van der Waals surface area contributed by atoms with Crippen LogP contribution in [0.15, 0.2) is 12.4 Å². The molecule has 0 aliphatic rings. The molecule has 1 atom stereocenters. The molecule has 0 bridgehead atoms. The molecule has 0 saturated heterocycles. The lowest BCUT2D eigenvalue weighted by Crippen LogP contribution is -2.30. The first-order chi connectivity index (χ1) is 6.50. The maximum absolute atomic E-state index is 12.5. The van der Waals surface area contributed by atoms with Crippen molar-refractivity contribution < 1.29 is 13.2 Å². The van der Waals surface area contributed by atoms with Gasteiger partial charge in [0.2, 0.25) is 0 Å². The minimum absolute atomic E-state index is 0.0116. The van der Waals surface area contributed by atoms with E-state index < -0.39 is 18.6 Å². The summed E-state index contributed by atoms with van der Waals surface area (Å²) in [6, 6.07) is 0. The van der Waals surface area contributed by atoms with E-state index in [-0.39, 0.29) is 5.82 Å². The van der Waals surface area contributed by atoms with Gasteiger partial charge in [-0.25, -0.2) is 4.98 Å². The van der Waals surface area contributed by atoms with Gasteiger partial charge in [-0.3, -0.25) is 0 Å². The molecule has 0 amide bonds. The smallest absolute Gasteiger partial charge is 0.335 e. The number of imidazole rings is 1. The van der Waals surface area contributed by atoms with Crippen molar-refractivity contribution in [1.29, 1.82) is 0 Å². The fraction of sp³-hybridized carbons (Fsp3) is 0.625. The lowest BCUT2D eigenvalue weighted by molar-refractivity contribution is -0.150. The van der Waals surface area contributed by atoms with Gasteiger partial charge in [0, 0.05) is 25.5 Å². The molecule has 6 heteroatoms. The average molecular weight is 207 g/mol. The van der Waals surface area contributed by atoms with Crippen LogP contribution >= 0.6 is 0 Å². The number of alkyl halides is 3. The Morgan fingerprint density at radius 1 is 1.57 bits per heavy atom. The van der Waals surface area contributed by atoms with E-state index in [1.807, 2.05) is 0 Å². The zero-order valence-electron chi connectivity index (χ0n) is 7.75. The summed E-state index contributed by atoms with van der Waals surface area (Å²) in [5.41, 5.74) is 5.10. The highest BCUT2D eigenvalue weighted by atomic mass is 19.4. The van der Waals surface area contributed by atoms with Gasteiger partial charge < -0.3 is 10.3 Å². The van der Waals surface area contributed by atoms with Gasteiger partial charge >= 0.3 is 6.18 Å². The number of halogens is 3. The van der Waals surface area contributed by atoms with Gasteiger partial charge in [0.25, 0.3) is 0 Å². The summed E-state index contributed by atoms with van der Waals surface area (Å²) >= 11 is 0. The molecule has 0 radical (unpaired) electrons. The third-order valence-electron chi connectivity index (χ3n) is 2.03. The number of nitrogens with zero attached hydrogens (tertiary/aromatic N) is 2. The molecule has 3 nitrogen and oxygen atoms in total. The van der Waals surface area contributed by atoms with E-state index in [2.05, 4.69) is 4.98 Å². The summed E-state index contributed by atoms with van der Waals surface area (Å²) in [6.45, 7) is 1.75. The van der Waals surface area contributed by atoms with Gasteiger partial charge in [-0.1, -0.05) is 0 Å². The second-order valence-corrected chi connectivity index (χ2v) is 2.90. The predicted molar refractivity (Wildman–Crippen MR) is 45.8 cm³/mol. The maximum Gasteiger partial charge on any atom is 0.399 e. The van der Waals surface area contributed by atoms with Crippen molar-refractivity contribution in [3.8, 4) is 0 Å². The highest BCUT2D eigenvalue weighted by Crippen LogP contribution is 2.32. The molecular weight excluding hydrogens is 195 g/mol. The summed E-state index contributed by atoms with van der Waals surface area (Å²) in [7, 11) is 0. The van der Waals surface area contributed by atoms with Crippen LogP contribution in [0.25, 0.3) is 0 Å². The Balaban J connectivity index is 3.01. The van der Waals surface area contributed by atoms with Gasteiger partial charge in [-0.15, -0.1) is 0 Å². The topological polar surface area (TPSA) is 43.8 Å².